The molecule has 0 radical (unpaired) electrons. The van der Waals surface area contributed by atoms with Crippen molar-refractivity contribution >= 4 is 18.0 Å². The van der Waals surface area contributed by atoms with Crippen molar-refractivity contribution in [3.05, 3.63) is 42.0 Å². The summed E-state index contributed by atoms with van der Waals surface area (Å²) in [7, 11) is 1.50. The third-order valence-electron chi connectivity index (χ3n) is 15.3. The van der Waals surface area contributed by atoms with Gasteiger partial charge in [0.15, 0.2) is 11.5 Å². The van der Waals surface area contributed by atoms with E-state index in [9.17, 15) is 19.8 Å². The summed E-state index contributed by atoms with van der Waals surface area (Å²) in [4.78, 5) is 26.1. The van der Waals surface area contributed by atoms with Crippen molar-refractivity contribution in [2.75, 3.05) is 7.11 Å². The highest BCUT2D eigenvalue weighted by atomic mass is 16.5. The van der Waals surface area contributed by atoms with E-state index in [1.54, 1.807) is 24.3 Å². The van der Waals surface area contributed by atoms with E-state index in [0.29, 0.717) is 29.4 Å². The van der Waals surface area contributed by atoms with Gasteiger partial charge >= 0.3 is 11.9 Å². The van der Waals surface area contributed by atoms with Gasteiger partial charge < -0.3 is 19.7 Å². The number of esters is 1. The van der Waals surface area contributed by atoms with E-state index >= 15 is 0 Å². The summed E-state index contributed by atoms with van der Waals surface area (Å²) in [6, 6.07) is 5.00. The molecule has 0 unspecified atom stereocenters. The maximum absolute atomic E-state index is 13.1. The van der Waals surface area contributed by atoms with Crippen molar-refractivity contribution in [3.8, 4) is 11.5 Å². The van der Waals surface area contributed by atoms with Crippen LogP contribution in [0.5, 0.6) is 11.5 Å². The number of carboxylic acids is 1. The monoisotopic (exact) mass is 632 g/mol. The molecule has 252 valence electrons. The molecule has 0 aliphatic heterocycles. The van der Waals surface area contributed by atoms with Crippen molar-refractivity contribution in [2.45, 2.75) is 112 Å². The summed E-state index contributed by atoms with van der Waals surface area (Å²) in [5.74, 6) is 1.42. The number of rotatable bonds is 6. The van der Waals surface area contributed by atoms with E-state index in [1.165, 1.54) is 18.8 Å². The summed E-state index contributed by atoms with van der Waals surface area (Å²) < 4.78 is 11.4. The Morgan fingerprint density at radius 3 is 2.33 bits per heavy atom. The van der Waals surface area contributed by atoms with Gasteiger partial charge in [-0.3, -0.25) is 4.79 Å². The number of carbonyl (C=O) groups is 2. The summed E-state index contributed by atoms with van der Waals surface area (Å²) >= 11 is 0. The number of phenols is 1. The third kappa shape index (κ3) is 4.62. The molecule has 0 spiro atoms. The van der Waals surface area contributed by atoms with Gasteiger partial charge in [0.1, 0.15) is 6.10 Å². The zero-order valence-electron chi connectivity index (χ0n) is 29.2. The zero-order valence-corrected chi connectivity index (χ0v) is 29.2. The van der Waals surface area contributed by atoms with Crippen molar-refractivity contribution in [1.82, 2.24) is 0 Å². The van der Waals surface area contributed by atoms with Gasteiger partial charge in [0.2, 0.25) is 0 Å². The first kappa shape index (κ1) is 33.2. The van der Waals surface area contributed by atoms with Gasteiger partial charge in [0, 0.05) is 11.5 Å². The first-order valence-corrected chi connectivity index (χ1v) is 17.7. The number of phenolic OH excluding ortho intramolecular Hbond substituents is 1. The SMILES string of the molecule is C=C(C)[C@@H]1CC[C@]2(C(=O)O)CC[C@]3(C)[C@H](CC[C@@H]4[C@@]5(C)CC[C@@H](OC(=O)C=Cc6ccc(O)c(OC)c6)C(C)(C)[C@@H]5CC[C@]43C)[C@@H]12. The number of methoxy groups -OCH3 is 1. The molecule has 0 amide bonds. The molecule has 0 aromatic heterocycles. The molecule has 6 nitrogen and oxygen atoms in total. The Bertz CT molecular complexity index is 1440. The number of aromatic hydroxyl groups is 1. The maximum Gasteiger partial charge on any atom is 0.331 e. The Kier molecular flexibility index (Phi) is 8.04. The summed E-state index contributed by atoms with van der Waals surface area (Å²) in [6.07, 6.45) is 13.0. The fourth-order valence-electron chi connectivity index (χ4n) is 12.8. The first-order valence-electron chi connectivity index (χ1n) is 17.7. The normalized spacial score (nSPS) is 42.7. The number of hydrogen-bond acceptors (Lipinski definition) is 5. The number of fused-ring (bicyclic) bond motifs is 7. The fraction of sp³-hybridized carbons (Fsp3) is 0.700. The van der Waals surface area contributed by atoms with Crippen molar-refractivity contribution < 1.29 is 29.3 Å². The van der Waals surface area contributed by atoms with Crippen LogP contribution in [-0.4, -0.2) is 35.4 Å². The summed E-state index contributed by atoms with van der Waals surface area (Å²) in [6.45, 7) is 18.8. The minimum Gasteiger partial charge on any atom is -0.504 e. The maximum atomic E-state index is 13.1. The van der Waals surface area contributed by atoms with E-state index in [4.69, 9.17) is 9.47 Å². The molecule has 5 fully saturated rings. The molecule has 1 aromatic carbocycles. The largest absolute Gasteiger partial charge is 0.504 e. The molecule has 2 N–H and O–H groups in total. The lowest BCUT2D eigenvalue weighted by Gasteiger charge is -2.72. The third-order valence-corrected chi connectivity index (χ3v) is 15.3. The van der Waals surface area contributed by atoms with Gasteiger partial charge in [-0.25, -0.2) is 4.79 Å². The molecule has 5 aliphatic rings. The van der Waals surface area contributed by atoms with Crippen LogP contribution in [-0.2, 0) is 14.3 Å². The van der Waals surface area contributed by atoms with Gasteiger partial charge in [0.25, 0.3) is 0 Å². The Morgan fingerprint density at radius 2 is 1.65 bits per heavy atom. The van der Waals surface area contributed by atoms with Crippen molar-refractivity contribution in [3.63, 3.8) is 0 Å². The number of allylic oxidation sites excluding steroid dienone is 1. The van der Waals surface area contributed by atoms with E-state index in [2.05, 4.69) is 48.1 Å². The molecule has 6 heteroatoms. The minimum absolute atomic E-state index is 0.0618. The number of benzene rings is 1. The molecule has 0 saturated heterocycles. The Morgan fingerprint density at radius 1 is 0.913 bits per heavy atom. The molecular formula is C40H56O6. The fourth-order valence-corrected chi connectivity index (χ4v) is 12.8. The van der Waals surface area contributed by atoms with Gasteiger partial charge in [-0.2, -0.15) is 0 Å². The lowest BCUT2D eigenvalue weighted by Crippen LogP contribution is -2.67. The highest BCUT2D eigenvalue weighted by Gasteiger charge is 2.72. The molecule has 5 saturated carbocycles. The number of hydrogen-bond donors (Lipinski definition) is 2. The number of aliphatic carboxylic acids is 1. The van der Waals surface area contributed by atoms with Crippen LogP contribution in [0.3, 0.4) is 0 Å². The smallest absolute Gasteiger partial charge is 0.331 e. The second kappa shape index (κ2) is 11.2. The van der Waals surface area contributed by atoms with Gasteiger partial charge in [-0.15, -0.1) is 0 Å². The van der Waals surface area contributed by atoms with E-state index in [-0.39, 0.29) is 45.4 Å². The van der Waals surface area contributed by atoms with Crippen LogP contribution in [0.2, 0.25) is 0 Å². The van der Waals surface area contributed by atoms with E-state index in [1.807, 2.05) is 0 Å². The molecule has 1 aromatic rings. The average Bonchev–Trinajstić information content (AvgIpc) is 3.40. The van der Waals surface area contributed by atoms with Crippen molar-refractivity contribution in [2.24, 2.45) is 56.7 Å². The topological polar surface area (TPSA) is 93.1 Å². The lowest BCUT2D eigenvalue weighted by atomic mass is 9.32. The molecule has 10 atom stereocenters. The predicted molar refractivity (Wildman–Crippen MR) is 180 cm³/mol. The van der Waals surface area contributed by atoms with Crippen molar-refractivity contribution in [1.29, 1.82) is 0 Å². The highest BCUT2D eigenvalue weighted by Crippen LogP contribution is 2.77. The molecule has 6 rings (SSSR count). The van der Waals surface area contributed by atoms with Crippen LogP contribution in [0.15, 0.2) is 36.4 Å². The Labute approximate surface area is 276 Å². The average molecular weight is 633 g/mol. The second-order valence-corrected chi connectivity index (χ2v) is 17.2. The molecular weight excluding hydrogens is 576 g/mol. The van der Waals surface area contributed by atoms with Gasteiger partial charge in [-0.1, -0.05) is 52.8 Å². The first-order chi connectivity index (χ1) is 21.5. The summed E-state index contributed by atoms with van der Waals surface area (Å²) in [5.41, 5.74) is 1.54. The molecule has 0 bridgehead atoms. The minimum atomic E-state index is -0.592. The number of carboxylic acid groups (broad SMARTS) is 1. The van der Waals surface area contributed by atoms with Gasteiger partial charge in [-0.05, 0) is 141 Å². The Hall–Kier alpha value is -2.76. The predicted octanol–water partition coefficient (Wildman–Crippen LogP) is 9.07. The number of ether oxygens (including phenoxy) is 2. The van der Waals surface area contributed by atoms with Crippen LogP contribution in [0, 0.1) is 56.7 Å². The molecule has 5 aliphatic carbocycles. The van der Waals surface area contributed by atoms with Crippen LogP contribution in [0.4, 0.5) is 0 Å². The highest BCUT2D eigenvalue weighted by molar-refractivity contribution is 5.87. The quantitative estimate of drug-likeness (QED) is 0.185. The van der Waals surface area contributed by atoms with Crippen LogP contribution >= 0.6 is 0 Å². The lowest BCUT2D eigenvalue weighted by molar-refractivity contribution is -0.250. The second-order valence-electron chi connectivity index (χ2n) is 17.2. The summed E-state index contributed by atoms with van der Waals surface area (Å²) in [5, 5.41) is 20.5. The number of carbonyl (C=O) groups excluding carboxylic acids is 1. The van der Waals surface area contributed by atoms with E-state index in [0.717, 1.165) is 69.8 Å². The van der Waals surface area contributed by atoms with Crippen LogP contribution < -0.4 is 4.74 Å². The Balaban J connectivity index is 1.23. The van der Waals surface area contributed by atoms with Crippen LogP contribution in [0.25, 0.3) is 6.08 Å². The van der Waals surface area contributed by atoms with E-state index < -0.39 is 11.4 Å². The van der Waals surface area contributed by atoms with Gasteiger partial charge in [0.05, 0.1) is 12.5 Å². The van der Waals surface area contributed by atoms with Crippen LogP contribution in [0.1, 0.15) is 111 Å². The molecule has 0 heterocycles. The zero-order chi connectivity index (χ0) is 33.4. The molecule has 46 heavy (non-hydrogen) atoms. The standard InChI is InChI=1S/C40H56O6/c1-24(2)26-15-20-40(35(43)44)22-21-38(6)27(34(26)40)11-13-31-37(5)18-17-32(36(3,4)30(37)16-19-39(31,38)7)46-33(42)14-10-25-9-12-28(41)29(23-25)45-8/h9-10,12,14,23,26-27,30-32,34,41H,1,11,13,15-22H2,2-8H3,(H,43,44)/t26-,27+,30-,31+,32+,34+,37-,38+,39+,40-/m0/s1.